The van der Waals surface area contributed by atoms with Crippen molar-refractivity contribution in [1.29, 1.82) is 5.26 Å². The van der Waals surface area contributed by atoms with Crippen LogP contribution in [0.5, 0.6) is 0 Å². The van der Waals surface area contributed by atoms with Gasteiger partial charge in [0.05, 0.1) is 29.6 Å². The van der Waals surface area contributed by atoms with E-state index in [1.807, 2.05) is 29.0 Å². The number of hydrogen-bond donors (Lipinski definition) is 0. The molecule has 1 aliphatic heterocycles. The van der Waals surface area contributed by atoms with Crippen molar-refractivity contribution in [1.82, 2.24) is 0 Å². The molecule has 1 aliphatic carbocycles. The first kappa shape index (κ1) is 13.0. The lowest BCUT2D eigenvalue weighted by Gasteiger charge is -2.41. The van der Waals surface area contributed by atoms with Crippen molar-refractivity contribution in [3.8, 4) is 6.07 Å². The highest BCUT2D eigenvalue weighted by molar-refractivity contribution is 6.03. The number of rotatable bonds is 1. The maximum Gasteiger partial charge on any atom is 0.246 e. The third-order valence-corrected chi connectivity index (χ3v) is 4.36. The summed E-state index contributed by atoms with van der Waals surface area (Å²) in [6, 6.07) is 8.12. The molecule has 2 aliphatic rings. The van der Waals surface area contributed by atoms with Gasteiger partial charge in [-0.25, -0.2) is 0 Å². The van der Waals surface area contributed by atoms with Crippen LogP contribution in [0.3, 0.4) is 0 Å². The van der Waals surface area contributed by atoms with E-state index >= 15 is 0 Å². The monoisotopic (exact) mass is 269 g/mol. The Labute approximate surface area is 119 Å². The van der Waals surface area contributed by atoms with Crippen LogP contribution in [-0.4, -0.2) is 25.5 Å². The summed E-state index contributed by atoms with van der Waals surface area (Å²) in [4.78, 5) is 16.4. The first-order valence-electron chi connectivity index (χ1n) is 7.28. The van der Waals surface area contributed by atoms with Gasteiger partial charge < -0.3 is 9.80 Å². The topological polar surface area (TPSA) is 47.3 Å². The summed E-state index contributed by atoms with van der Waals surface area (Å²) in [5.74, 6) is 0.177. The van der Waals surface area contributed by atoms with Gasteiger partial charge in [-0.15, -0.1) is 0 Å². The quantitative estimate of drug-likeness (QED) is 0.787. The van der Waals surface area contributed by atoms with Crippen LogP contribution in [0.4, 0.5) is 11.4 Å². The predicted molar refractivity (Wildman–Crippen MR) is 78.8 cm³/mol. The molecule has 1 heterocycles. The van der Waals surface area contributed by atoms with Gasteiger partial charge in [0.1, 0.15) is 0 Å². The van der Waals surface area contributed by atoms with Crippen molar-refractivity contribution in [2.45, 2.75) is 38.1 Å². The molecule has 20 heavy (non-hydrogen) atoms. The zero-order chi connectivity index (χ0) is 14.1. The minimum atomic E-state index is 0.177. The van der Waals surface area contributed by atoms with Gasteiger partial charge in [0.2, 0.25) is 5.91 Å². The standard InChI is InChI=1S/C16H19N3O/c1-18-11-16(20)19(13-5-3-2-4-6-13)14-8-7-12(10-17)9-15(14)18/h7-9,13H,2-6,11H2,1H3. The number of carbonyl (C=O) groups is 1. The van der Waals surface area contributed by atoms with Gasteiger partial charge in [-0.2, -0.15) is 5.26 Å². The lowest BCUT2D eigenvalue weighted by Crippen LogP contribution is -2.50. The number of benzene rings is 1. The average Bonchev–Trinajstić information content (AvgIpc) is 2.48. The summed E-state index contributed by atoms with van der Waals surface area (Å²) in [5.41, 5.74) is 2.61. The van der Waals surface area contributed by atoms with E-state index in [1.54, 1.807) is 6.07 Å². The van der Waals surface area contributed by atoms with Gasteiger partial charge in [0, 0.05) is 13.1 Å². The molecule has 1 aromatic carbocycles. The molecule has 1 saturated carbocycles. The highest BCUT2D eigenvalue weighted by Gasteiger charge is 2.33. The van der Waals surface area contributed by atoms with Crippen molar-refractivity contribution in [3.63, 3.8) is 0 Å². The van der Waals surface area contributed by atoms with Gasteiger partial charge in [-0.1, -0.05) is 19.3 Å². The van der Waals surface area contributed by atoms with Gasteiger partial charge in [-0.3, -0.25) is 4.79 Å². The molecule has 4 heteroatoms. The van der Waals surface area contributed by atoms with E-state index in [4.69, 9.17) is 5.26 Å². The Balaban J connectivity index is 2.01. The molecule has 1 fully saturated rings. The molecule has 0 spiro atoms. The van der Waals surface area contributed by atoms with Crippen LogP contribution >= 0.6 is 0 Å². The molecule has 0 saturated heterocycles. The Bertz CT molecular complexity index is 570. The molecule has 0 radical (unpaired) electrons. The second-order valence-electron chi connectivity index (χ2n) is 5.73. The molecule has 104 valence electrons. The lowest BCUT2D eigenvalue weighted by atomic mass is 9.92. The summed E-state index contributed by atoms with van der Waals surface area (Å²) in [6.45, 7) is 0.401. The van der Waals surface area contributed by atoms with Gasteiger partial charge in [0.25, 0.3) is 0 Å². The highest BCUT2D eigenvalue weighted by atomic mass is 16.2. The maximum atomic E-state index is 12.4. The number of hydrogen-bond acceptors (Lipinski definition) is 3. The number of fused-ring (bicyclic) bond motifs is 1. The van der Waals surface area contributed by atoms with E-state index in [0.717, 1.165) is 24.2 Å². The number of likely N-dealkylation sites (N-methyl/N-ethyl adjacent to an activating group) is 1. The molecule has 1 amide bonds. The van der Waals surface area contributed by atoms with Crippen LogP contribution in [0.1, 0.15) is 37.7 Å². The van der Waals surface area contributed by atoms with Crippen LogP contribution < -0.4 is 9.80 Å². The van der Waals surface area contributed by atoms with Crippen molar-refractivity contribution < 1.29 is 4.79 Å². The zero-order valence-corrected chi connectivity index (χ0v) is 11.8. The first-order valence-corrected chi connectivity index (χ1v) is 7.28. The minimum absolute atomic E-state index is 0.177. The van der Waals surface area contributed by atoms with Crippen molar-refractivity contribution in [2.75, 3.05) is 23.4 Å². The molecule has 1 aromatic rings. The van der Waals surface area contributed by atoms with Crippen LogP contribution in [0.25, 0.3) is 0 Å². The smallest absolute Gasteiger partial charge is 0.246 e. The Kier molecular flexibility index (Phi) is 3.35. The Hall–Kier alpha value is -2.02. The molecule has 0 atom stereocenters. The number of nitrogens with zero attached hydrogens (tertiary/aromatic N) is 3. The van der Waals surface area contributed by atoms with E-state index in [1.165, 1.54) is 19.3 Å². The van der Waals surface area contributed by atoms with Crippen molar-refractivity contribution >= 4 is 17.3 Å². The third-order valence-electron chi connectivity index (χ3n) is 4.36. The summed E-state index contributed by atoms with van der Waals surface area (Å²) in [6.07, 6.45) is 5.87. The largest absolute Gasteiger partial charge is 0.364 e. The molecular weight excluding hydrogens is 250 g/mol. The summed E-state index contributed by atoms with van der Waals surface area (Å²) in [5, 5.41) is 9.04. The van der Waals surface area contributed by atoms with Crippen molar-refractivity contribution in [3.05, 3.63) is 23.8 Å². The Morgan fingerprint density at radius 3 is 2.65 bits per heavy atom. The SMILES string of the molecule is CN1CC(=O)N(C2CCCCC2)c2ccc(C#N)cc21. The van der Waals surface area contributed by atoms with E-state index < -0.39 is 0 Å². The van der Waals surface area contributed by atoms with E-state index in [-0.39, 0.29) is 5.91 Å². The van der Waals surface area contributed by atoms with E-state index in [2.05, 4.69) is 6.07 Å². The molecule has 3 rings (SSSR count). The van der Waals surface area contributed by atoms with E-state index in [9.17, 15) is 4.79 Å². The number of anilines is 2. The fraction of sp³-hybridized carbons (Fsp3) is 0.500. The first-order chi connectivity index (χ1) is 9.70. The second-order valence-corrected chi connectivity index (χ2v) is 5.73. The van der Waals surface area contributed by atoms with E-state index in [0.29, 0.717) is 18.2 Å². The van der Waals surface area contributed by atoms with Crippen molar-refractivity contribution in [2.24, 2.45) is 0 Å². The van der Waals surface area contributed by atoms with Crippen LogP contribution in [-0.2, 0) is 4.79 Å². The van der Waals surface area contributed by atoms with Gasteiger partial charge in [-0.05, 0) is 31.0 Å². The normalized spacial score (nSPS) is 19.7. The maximum absolute atomic E-state index is 12.4. The Morgan fingerprint density at radius 2 is 1.95 bits per heavy atom. The molecule has 0 N–H and O–H groups in total. The fourth-order valence-corrected chi connectivity index (χ4v) is 3.34. The highest BCUT2D eigenvalue weighted by Crippen LogP contribution is 2.37. The number of nitriles is 1. The lowest BCUT2D eigenvalue weighted by molar-refractivity contribution is -0.118. The summed E-state index contributed by atoms with van der Waals surface area (Å²) < 4.78 is 0. The Morgan fingerprint density at radius 1 is 1.20 bits per heavy atom. The molecule has 4 nitrogen and oxygen atoms in total. The molecular formula is C16H19N3O. The third kappa shape index (κ3) is 2.14. The fourth-order valence-electron chi connectivity index (χ4n) is 3.34. The van der Waals surface area contributed by atoms with Gasteiger partial charge in [0.15, 0.2) is 0 Å². The molecule has 0 bridgehead atoms. The predicted octanol–water partition coefficient (Wildman–Crippen LogP) is 2.67. The van der Waals surface area contributed by atoms with Crippen LogP contribution in [0, 0.1) is 11.3 Å². The second kappa shape index (κ2) is 5.16. The molecule has 0 aromatic heterocycles. The van der Waals surface area contributed by atoms with Crippen LogP contribution in [0.2, 0.25) is 0 Å². The average molecular weight is 269 g/mol. The number of amides is 1. The van der Waals surface area contributed by atoms with Crippen LogP contribution in [0.15, 0.2) is 18.2 Å². The minimum Gasteiger partial charge on any atom is -0.364 e. The summed E-state index contributed by atoms with van der Waals surface area (Å²) >= 11 is 0. The number of carbonyl (C=O) groups excluding carboxylic acids is 1. The zero-order valence-electron chi connectivity index (χ0n) is 11.8. The molecule has 0 unspecified atom stereocenters. The summed E-state index contributed by atoms with van der Waals surface area (Å²) in [7, 11) is 1.91. The van der Waals surface area contributed by atoms with Gasteiger partial charge >= 0.3 is 0 Å².